The van der Waals surface area contributed by atoms with E-state index in [-0.39, 0.29) is 19.1 Å². The average molecular weight is 246 g/mol. The highest BCUT2D eigenvalue weighted by atomic mass is 16.6. The van der Waals surface area contributed by atoms with Crippen LogP contribution in [0.1, 0.15) is 6.92 Å². The average Bonchev–Trinajstić information content (AvgIpc) is 2.30. The standard InChI is InChI=1S/C8H14N4O5/c1-4(13)11-5-3-16-6(2-10-14)8(17-9)7(5)12-15/h5-8H,2-3,9H2,1H3,(H,11,13). The van der Waals surface area contributed by atoms with Gasteiger partial charge in [0.15, 0.2) is 0 Å². The zero-order chi connectivity index (χ0) is 12.8. The third kappa shape index (κ3) is 3.25. The molecule has 9 heteroatoms. The van der Waals surface area contributed by atoms with E-state index in [4.69, 9.17) is 10.6 Å². The maximum absolute atomic E-state index is 10.9. The maximum atomic E-state index is 10.9. The summed E-state index contributed by atoms with van der Waals surface area (Å²) < 4.78 is 5.26. The highest BCUT2D eigenvalue weighted by Crippen LogP contribution is 2.20. The molecule has 0 aliphatic carbocycles. The van der Waals surface area contributed by atoms with Gasteiger partial charge in [0.25, 0.3) is 0 Å². The van der Waals surface area contributed by atoms with Gasteiger partial charge in [-0.3, -0.25) is 9.63 Å². The molecular weight excluding hydrogens is 232 g/mol. The van der Waals surface area contributed by atoms with Crippen molar-refractivity contribution in [2.24, 2.45) is 16.3 Å². The molecule has 0 radical (unpaired) electrons. The Hall–Kier alpha value is -1.45. The number of amides is 1. The molecule has 0 spiro atoms. The zero-order valence-electron chi connectivity index (χ0n) is 9.24. The van der Waals surface area contributed by atoms with Crippen LogP contribution in [-0.2, 0) is 14.4 Å². The van der Waals surface area contributed by atoms with E-state index in [1.807, 2.05) is 0 Å². The van der Waals surface area contributed by atoms with Crippen LogP contribution in [0.3, 0.4) is 0 Å². The van der Waals surface area contributed by atoms with Crippen LogP contribution in [0.2, 0.25) is 0 Å². The van der Waals surface area contributed by atoms with Gasteiger partial charge in [-0.2, -0.15) is 9.81 Å². The van der Waals surface area contributed by atoms with E-state index in [0.29, 0.717) is 0 Å². The Morgan fingerprint density at radius 3 is 2.76 bits per heavy atom. The minimum atomic E-state index is -0.913. The third-order valence-electron chi connectivity index (χ3n) is 2.53. The van der Waals surface area contributed by atoms with Crippen LogP contribution in [-0.4, -0.2) is 43.4 Å². The molecule has 9 nitrogen and oxygen atoms in total. The van der Waals surface area contributed by atoms with Crippen LogP contribution < -0.4 is 11.2 Å². The number of hydrogen-bond acceptors (Lipinski definition) is 8. The van der Waals surface area contributed by atoms with Crippen molar-refractivity contribution in [1.29, 1.82) is 0 Å². The molecule has 1 aliphatic heterocycles. The van der Waals surface area contributed by atoms with E-state index < -0.39 is 24.3 Å². The molecule has 4 unspecified atom stereocenters. The van der Waals surface area contributed by atoms with Crippen molar-refractivity contribution < 1.29 is 14.4 Å². The van der Waals surface area contributed by atoms with Crippen molar-refractivity contribution in [3.63, 3.8) is 0 Å². The summed E-state index contributed by atoms with van der Waals surface area (Å²) in [6.45, 7) is 1.16. The third-order valence-corrected chi connectivity index (χ3v) is 2.53. The lowest BCUT2D eigenvalue weighted by Gasteiger charge is -2.37. The highest BCUT2D eigenvalue weighted by molar-refractivity contribution is 5.73. The van der Waals surface area contributed by atoms with Gasteiger partial charge < -0.3 is 10.1 Å². The van der Waals surface area contributed by atoms with E-state index in [0.717, 1.165) is 0 Å². The summed E-state index contributed by atoms with van der Waals surface area (Å²) in [6, 6.07) is -1.54. The number of hydrogen-bond donors (Lipinski definition) is 2. The Labute approximate surface area is 96.9 Å². The quantitative estimate of drug-likeness (QED) is 0.474. The Balaban J connectivity index is 2.77. The van der Waals surface area contributed by atoms with Gasteiger partial charge in [-0.1, -0.05) is 10.4 Å². The number of nitrogens with one attached hydrogen (secondary N) is 1. The molecule has 1 aliphatic rings. The zero-order valence-corrected chi connectivity index (χ0v) is 9.24. The van der Waals surface area contributed by atoms with Crippen molar-refractivity contribution in [3.8, 4) is 0 Å². The molecule has 1 heterocycles. The van der Waals surface area contributed by atoms with Crippen molar-refractivity contribution >= 4 is 5.91 Å². The lowest BCUT2D eigenvalue weighted by Crippen LogP contribution is -2.60. The predicted octanol–water partition coefficient (Wildman–Crippen LogP) is -0.950. The largest absolute Gasteiger partial charge is 0.371 e. The van der Waals surface area contributed by atoms with Crippen molar-refractivity contribution in [2.45, 2.75) is 31.2 Å². The Morgan fingerprint density at radius 2 is 2.29 bits per heavy atom. The van der Waals surface area contributed by atoms with Crippen molar-refractivity contribution in [2.75, 3.05) is 13.2 Å². The Kier molecular flexibility index (Phi) is 5.07. The number of carbonyl (C=O) groups is 1. The van der Waals surface area contributed by atoms with E-state index in [1.165, 1.54) is 6.92 Å². The fourth-order valence-corrected chi connectivity index (χ4v) is 1.79. The minimum Gasteiger partial charge on any atom is -0.371 e. The first-order valence-corrected chi connectivity index (χ1v) is 4.99. The topological polar surface area (TPSA) is 132 Å². The summed E-state index contributed by atoms with van der Waals surface area (Å²) in [5.41, 5.74) is 0. The number of nitrogens with two attached hydrogens (primary N) is 1. The Morgan fingerprint density at radius 1 is 1.59 bits per heavy atom. The molecule has 0 aromatic heterocycles. The molecule has 1 fully saturated rings. The van der Waals surface area contributed by atoms with Gasteiger partial charge in [0, 0.05) is 6.92 Å². The summed E-state index contributed by atoms with van der Waals surface area (Å²) in [5, 5.41) is 8.05. The summed E-state index contributed by atoms with van der Waals surface area (Å²) in [5.74, 6) is 4.72. The summed E-state index contributed by atoms with van der Waals surface area (Å²) in [4.78, 5) is 36.5. The van der Waals surface area contributed by atoms with Crippen molar-refractivity contribution in [1.82, 2.24) is 5.32 Å². The summed E-state index contributed by atoms with van der Waals surface area (Å²) in [7, 11) is 0. The van der Waals surface area contributed by atoms with Crippen LogP contribution in [0.25, 0.3) is 0 Å². The van der Waals surface area contributed by atoms with Crippen LogP contribution in [0.5, 0.6) is 0 Å². The molecule has 1 rings (SSSR count). The fraction of sp³-hybridized carbons (Fsp3) is 0.875. The molecule has 96 valence electrons. The molecule has 0 aromatic carbocycles. The molecule has 17 heavy (non-hydrogen) atoms. The van der Waals surface area contributed by atoms with Crippen molar-refractivity contribution in [3.05, 3.63) is 9.81 Å². The molecule has 0 aromatic rings. The second-order valence-corrected chi connectivity index (χ2v) is 3.69. The number of nitroso groups, excluding NO2 is 2. The normalized spacial score (nSPS) is 32.8. The van der Waals surface area contributed by atoms with Gasteiger partial charge >= 0.3 is 0 Å². The van der Waals surface area contributed by atoms with Gasteiger partial charge in [-0.05, 0) is 0 Å². The summed E-state index contributed by atoms with van der Waals surface area (Å²) in [6.07, 6.45) is -1.64. The molecule has 4 atom stereocenters. The molecule has 3 N–H and O–H groups in total. The monoisotopic (exact) mass is 246 g/mol. The summed E-state index contributed by atoms with van der Waals surface area (Å²) >= 11 is 0. The Bertz CT molecular complexity index is 300. The second kappa shape index (κ2) is 6.33. The first-order chi connectivity index (χ1) is 8.13. The van der Waals surface area contributed by atoms with Gasteiger partial charge in [0.1, 0.15) is 24.8 Å². The minimum absolute atomic E-state index is 0.0516. The molecule has 0 bridgehead atoms. The van der Waals surface area contributed by atoms with Gasteiger partial charge in [-0.25, -0.2) is 5.90 Å². The first kappa shape index (κ1) is 13.6. The lowest BCUT2D eigenvalue weighted by molar-refractivity contribution is -0.134. The number of ether oxygens (including phenoxy) is 1. The molecule has 1 amide bonds. The highest BCUT2D eigenvalue weighted by Gasteiger charge is 2.43. The second-order valence-electron chi connectivity index (χ2n) is 3.69. The number of nitrogens with zero attached hydrogens (tertiary/aromatic N) is 2. The predicted molar refractivity (Wildman–Crippen MR) is 56.7 cm³/mol. The van der Waals surface area contributed by atoms with Crippen LogP contribution in [0.4, 0.5) is 0 Å². The van der Waals surface area contributed by atoms with E-state index in [2.05, 4.69) is 20.5 Å². The van der Waals surface area contributed by atoms with E-state index in [1.54, 1.807) is 0 Å². The molecule has 0 saturated carbocycles. The van der Waals surface area contributed by atoms with Crippen LogP contribution in [0, 0.1) is 9.81 Å². The number of rotatable bonds is 5. The van der Waals surface area contributed by atoms with Crippen LogP contribution >= 0.6 is 0 Å². The van der Waals surface area contributed by atoms with E-state index in [9.17, 15) is 14.6 Å². The SMILES string of the molecule is CC(=O)NC1COC(CN=O)C(ON)C1N=O. The van der Waals surface area contributed by atoms with E-state index >= 15 is 0 Å². The smallest absolute Gasteiger partial charge is 0.217 e. The maximum Gasteiger partial charge on any atom is 0.217 e. The number of carbonyl (C=O) groups excluding carboxylic acids is 1. The molecule has 1 saturated heterocycles. The lowest BCUT2D eigenvalue weighted by atomic mass is 9.96. The van der Waals surface area contributed by atoms with Gasteiger partial charge in [-0.15, -0.1) is 0 Å². The van der Waals surface area contributed by atoms with Crippen LogP contribution in [0.15, 0.2) is 10.4 Å². The fourth-order valence-electron chi connectivity index (χ4n) is 1.79. The van der Waals surface area contributed by atoms with Gasteiger partial charge in [0.05, 0.1) is 12.6 Å². The van der Waals surface area contributed by atoms with Gasteiger partial charge in [0.2, 0.25) is 5.91 Å². The molecular formula is C8H14N4O5. The first-order valence-electron chi connectivity index (χ1n) is 4.99.